The largest absolute Gasteiger partial charge is 0.489 e. The highest BCUT2D eigenvalue weighted by Crippen LogP contribution is 2.27. The lowest BCUT2D eigenvalue weighted by Gasteiger charge is -2.27. The zero-order valence-electron chi connectivity index (χ0n) is 15.7. The maximum absolute atomic E-state index is 11.9. The zero-order chi connectivity index (χ0) is 21.2. The Labute approximate surface area is 173 Å². The molecule has 3 N–H and O–H groups in total. The third-order valence-corrected chi connectivity index (χ3v) is 4.13. The molecule has 158 valence electrons. The molecule has 0 fully saturated rings. The molecule has 1 amide bonds. The Bertz CT molecular complexity index is 660. The smallest absolute Gasteiger partial charge is 0.294 e. The Morgan fingerprint density at radius 3 is 2.79 bits per heavy atom. The van der Waals surface area contributed by atoms with E-state index in [2.05, 4.69) is 15.5 Å². The Morgan fingerprint density at radius 1 is 1.39 bits per heavy atom. The van der Waals surface area contributed by atoms with E-state index in [0.29, 0.717) is 22.2 Å². The number of benzene rings is 1. The zero-order valence-corrected chi connectivity index (χ0v) is 17.3. The number of rotatable bonds is 13. The van der Waals surface area contributed by atoms with Gasteiger partial charge in [-0.2, -0.15) is 0 Å². The molecule has 0 saturated heterocycles. The highest BCUT2D eigenvalue weighted by molar-refractivity contribution is 6.34. The molecule has 0 aliphatic rings. The van der Waals surface area contributed by atoms with Crippen molar-refractivity contribution in [3.8, 4) is 5.75 Å². The number of halogens is 2. The van der Waals surface area contributed by atoms with Crippen molar-refractivity contribution in [3.63, 3.8) is 0 Å². The van der Waals surface area contributed by atoms with Gasteiger partial charge in [-0.05, 0) is 32.4 Å². The molecule has 0 bridgehead atoms. The van der Waals surface area contributed by atoms with Gasteiger partial charge in [0.25, 0.3) is 5.09 Å². The van der Waals surface area contributed by atoms with Crippen LogP contribution in [0.2, 0.25) is 10.0 Å². The van der Waals surface area contributed by atoms with Crippen molar-refractivity contribution >= 4 is 29.1 Å². The van der Waals surface area contributed by atoms with Crippen molar-refractivity contribution in [2.24, 2.45) is 0 Å². The first-order chi connectivity index (χ1) is 13.1. The van der Waals surface area contributed by atoms with Crippen LogP contribution in [-0.2, 0) is 9.63 Å². The average Bonchev–Trinajstić information content (AvgIpc) is 2.60. The van der Waals surface area contributed by atoms with Crippen LogP contribution in [0.25, 0.3) is 0 Å². The van der Waals surface area contributed by atoms with Gasteiger partial charge in [0.05, 0.1) is 11.6 Å². The summed E-state index contributed by atoms with van der Waals surface area (Å²) in [5.41, 5.74) is -0.573. The van der Waals surface area contributed by atoms with Crippen LogP contribution in [0.15, 0.2) is 18.2 Å². The summed E-state index contributed by atoms with van der Waals surface area (Å²) >= 11 is 11.9. The lowest BCUT2D eigenvalue weighted by Crippen LogP contribution is -2.47. The van der Waals surface area contributed by atoms with Gasteiger partial charge in [0.15, 0.2) is 0 Å². The topological polar surface area (TPSA) is 123 Å². The molecule has 1 rings (SSSR count). The highest BCUT2D eigenvalue weighted by Gasteiger charge is 2.22. The minimum absolute atomic E-state index is 0.00574. The summed E-state index contributed by atoms with van der Waals surface area (Å²) in [5, 5.41) is 25.9. The van der Waals surface area contributed by atoms with Crippen LogP contribution in [-0.4, -0.2) is 54.0 Å². The molecule has 1 atom stereocenters. The molecule has 0 radical (unpaired) electrons. The highest BCUT2D eigenvalue weighted by atomic mass is 35.5. The number of nitrogens with one attached hydrogen (secondary N) is 2. The van der Waals surface area contributed by atoms with Crippen LogP contribution in [0.1, 0.15) is 26.7 Å². The van der Waals surface area contributed by atoms with Crippen molar-refractivity contribution in [2.75, 3.05) is 26.3 Å². The third-order valence-electron chi connectivity index (χ3n) is 3.58. The van der Waals surface area contributed by atoms with Crippen LogP contribution in [0.5, 0.6) is 5.75 Å². The van der Waals surface area contributed by atoms with Gasteiger partial charge in [-0.15, -0.1) is 10.1 Å². The van der Waals surface area contributed by atoms with E-state index in [0.717, 1.165) is 0 Å². The number of carbonyl (C=O) groups excluding carboxylic acids is 1. The number of carbonyl (C=O) groups is 1. The fourth-order valence-electron chi connectivity index (χ4n) is 2.19. The van der Waals surface area contributed by atoms with Crippen molar-refractivity contribution in [1.29, 1.82) is 0 Å². The first kappa shape index (κ1) is 24.2. The summed E-state index contributed by atoms with van der Waals surface area (Å²) in [6.07, 6.45) is -0.323. The molecule has 0 aliphatic heterocycles. The van der Waals surface area contributed by atoms with E-state index >= 15 is 0 Å². The lowest BCUT2D eigenvalue weighted by atomic mass is 10.00. The van der Waals surface area contributed by atoms with Crippen LogP contribution in [0.3, 0.4) is 0 Å². The van der Waals surface area contributed by atoms with Crippen LogP contribution >= 0.6 is 23.2 Å². The van der Waals surface area contributed by atoms with E-state index in [9.17, 15) is 20.0 Å². The second kappa shape index (κ2) is 11.9. The van der Waals surface area contributed by atoms with E-state index < -0.39 is 16.7 Å². The van der Waals surface area contributed by atoms with Gasteiger partial charge in [0.1, 0.15) is 18.5 Å². The number of amides is 1. The number of aliphatic hydroxyl groups is 1. The first-order valence-electron chi connectivity index (χ1n) is 8.64. The summed E-state index contributed by atoms with van der Waals surface area (Å²) in [4.78, 5) is 26.1. The second-order valence-electron chi connectivity index (χ2n) is 6.74. The van der Waals surface area contributed by atoms with Crippen molar-refractivity contribution in [3.05, 3.63) is 38.4 Å². The number of β-amino-alcohol motifs (C(OH)–C–C–N with tert-alkyl or cyclic N) is 1. The number of hydrogen-bond acceptors (Lipinski definition) is 7. The van der Waals surface area contributed by atoms with Crippen molar-refractivity contribution in [1.82, 2.24) is 10.6 Å². The van der Waals surface area contributed by atoms with Gasteiger partial charge in [0, 0.05) is 36.1 Å². The van der Waals surface area contributed by atoms with Gasteiger partial charge < -0.3 is 25.3 Å². The second-order valence-corrected chi connectivity index (χ2v) is 7.59. The minimum atomic E-state index is -0.871. The fourth-order valence-corrected chi connectivity index (χ4v) is 2.53. The van der Waals surface area contributed by atoms with Crippen LogP contribution in [0, 0.1) is 10.1 Å². The molecular formula is C17H25Cl2N3O6. The van der Waals surface area contributed by atoms with E-state index in [1.165, 1.54) is 0 Å². The van der Waals surface area contributed by atoms with Crippen LogP contribution in [0.4, 0.5) is 0 Å². The van der Waals surface area contributed by atoms with Gasteiger partial charge in [-0.25, -0.2) is 0 Å². The Kier molecular flexibility index (Phi) is 10.3. The van der Waals surface area contributed by atoms with E-state index in [1.807, 2.05) is 13.8 Å². The summed E-state index contributed by atoms with van der Waals surface area (Å²) in [6.45, 7) is 4.06. The minimum Gasteiger partial charge on any atom is -0.489 e. The molecule has 9 nitrogen and oxygen atoms in total. The molecule has 1 aromatic rings. The fraction of sp³-hybridized carbons (Fsp3) is 0.588. The molecule has 1 aromatic carbocycles. The average molecular weight is 438 g/mol. The molecule has 0 spiro atoms. The maximum atomic E-state index is 11.9. The van der Waals surface area contributed by atoms with E-state index in [1.54, 1.807) is 18.2 Å². The van der Waals surface area contributed by atoms with Crippen LogP contribution < -0.4 is 15.4 Å². The molecule has 0 saturated carbocycles. The maximum Gasteiger partial charge on any atom is 0.294 e. The summed E-state index contributed by atoms with van der Waals surface area (Å²) in [7, 11) is 0. The Morgan fingerprint density at radius 2 is 2.11 bits per heavy atom. The molecular weight excluding hydrogens is 413 g/mol. The number of aliphatic hydroxyl groups excluding tert-OH is 1. The van der Waals surface area contributed by atoms with Gasteiger partial charge in [0.2, 0.25) is 5.91 Å². The molecule has 0 heterocycles. The summed E-state index contributed by atoms with van der Waals surface area (Å²) < 4.78 is 5.47. The Hall–Kier alpha value is -1.81. The summed E-state index contributed by atoms with van der Waals surface area (Å²) in [6, 6.07) is 4.81. The SMILES string of the molecule is CC(C)(CC(=O)NCCCO[N+](=O)[O-])NCC(O)COc1cc(Cl)ccc1Cl. The molecule has 0 aromatic heterocycles. The third kappa shape index (κ3) is 10.5. The van der Waals surface area contributed by atoms with Gasteiger partial charge in [-0.3, -0.25) is 4.79 Å². The van der Waals surface area contributed by atoms with Crippen molar-refractivity contribution < 1.29 is 24.6 Å². The quantitative estimate of drug-likeness (QED) is 0.245. The standard InChI is InChI=1S/C17H25Cl2N3O6/c1-17(2,9-16(24)20-6-3-7-28-22(25)26)21-10-13(23)11-27-15-8-12(18)4-5-14(15)19/h4-5,8,13,21,23H,3,6-7,9-11H2,1-2H3,(H,20,24). The van der Waals surface area contributed by atoms with Crippen molar-refractivity contribution in [2.45, 2.75) is 38.3 Å². The number of nitrogens with zero attached hydrogens (tertiary/aromatic N) is 1. The normalized spacial score (nSPS) is 12.3. The monoisotopic (exact) mass is 437 g/mol. The van der Waals surface area contributed by atoms with Gasteiger partial charge >= 0.3 is 0 Å². The summed E-state index contributed by atoms with van der Waals surface area (Å²) in [5.74, 6) is 0.169. The Balaban J connectivity index is 2.28. The molecule has 11 heteroatoms. The lowest BCUT2D eigenvalue weighted by molar-refractivity contribution is -0.757. The predicted octanol–water partition coefficient (Wildman–Crippen LogP) is 2.21. The molecule has 1 unspecified atom stereocenters. The van der Waals surface area contributed by atoms with E-state index in [4.69, 9.17) is 27.9 Å². The number of ether oxygens (including phenoxy) is 1. The molecule has 0 aliphatic carbocycles. The van der Waals surface area contributed by atoms with E-state index in [-0.39, 0.29) is 38.6 Å². The first-order valence-corrected chi connectivity index (χ1v) is 9.39. The van der Waals surface area contributed by atoms with Gasteiger partial charge in [-0.1, -0.05) is 23.2 Å². The number of hydrogen-bond donors (Lipinski definition) is 3. The molecule has 28 heavy (non-hydrogen) atoms. The predicted molar refractivity (Wildman–Crippen MR) is 105 cm³/mol.